The van der Waals surface area contributed by atoms with Gasteiger partial charge in [0.05, 0.1) is 31.9 Å². The Hall–Kier alpha value is -7.03. The molecular formula is C49H44Cl2N8O6. The Labute approximate surface area is 384 Å². The van der Waals surface area contributed by atoms with Crippen LogP contribution in [0.2, 0.25) is 10.3 Å². The number of fused-ring (bicyclic) bond motifs is 2. The number of methoxy groups -OCH3 is 2. The monoisotopic (exact) mass is 910 g/mol. The lowest BCUT2D eigenvalue weighted by atomic mass is 10.0. The molecule has 4 aromatic carbocycles. The summed E-state index contributed by atoms with van der Waals surface area (Å²) in [6, 6.07) is 28.5. The predicted octanol–water partition coefficient (Wildman–Crippen LogP) is 9.43. The summed E-state index contributed by atoms with van der Waals surface area (Å²) in [5.41, 5.74) is 4.88. The Kier molecular flexibility index (Phi) is 12.4. The zero-order valence-corrected chi connectivity index (χ0v) is 37.1. The van der Waals surface area contributed by atoms with Gasteiger partial charge in [0.25, 0.3) is 11.8 Å². The highest BCUT2D eigenvalue weighted by Crippen LogP contribution is 2.35. The summed E-state index contributed by atoms with van der Waals surface area (Å²) in [6.07, 6.45) is 4.80. The van der Waals surface area contributed by atoms with Crippen molar-refractivity contribution in [3.05, 3.63) is 125 Å². The highest BCUT2D eigenvalue weighted by molar-refractivity contribution is 6.31. The molecule has 0 radical (unpaired) electrons. The van der Waals surface area contributed by atoms with E-state index < -0.39 is 0 Å². The number of nitrogens with one attached hydrogen (secondary N) is 3. The van der Waals surface area contributed by atoms with E-state index in [1.165, 1.54) is 0 Å². The molecule has 3 aromatic heterocycles. The van der Waals surface area contributed by atoms with E-state index in [1.54, 1.807) is 54.6 Å². The molecule has 14 nitrogen and oxygen atoms in total. The van der Waals surface area contributed by atoms with Gasteiger partial charge >= 0.3 is 0 Å². The number of aromatic amines is 1. The van der Waals surface area contributed by atoms with Crippen LogP contribution in [0.3, 0.4) is 0 Å². The second kappa shape index (κ2) is 18.6. The first kappa shape index (κ1) is 43.2. The molecule has 5 heterocycles. The van der Waals surface area contributed by atoms with Crippen LogP contribution >= 0.6 is 23.2 Å². The molecule has 2 aliphatic heterocycles. The SMILES string of the molecule is COc1cccc2c(C(=O)N3CCC[C@H]3CC(=O)Nc3ccc(-c4nc[nH]c4-c4ccc(NC(=O)C[C@@H]5CCCN5C(=O)c5nc(Cl)cc6c(OC)cccc56)cc4)cc3)nc(Cl)cc12. The number of nitrogens with zero attached hydrogens (tertiary/aromatic N) is 5. The van der Waals surface area contributed by atoms with Crippen molar-refractivity contribution in [2.45, 2.75) is 50.6 Å². The van der Waals surface area contributed by atoms with Crippen molar-refractivity contribution in [1.82, 2.24) is 29.7 Å². The van der Waals surface area contributed by atoms with Gasteiger partial charge in [-0.05, 0) is 74.2 Å². The molecule has 16 heteroatoms. The van der Waals surface area contributed by atoms with E-state index in [1.807, 2.05) is 72.8 Å². The van der Waals surface area contributed by atoms with Crippen LogP contribution in [0.4, 0.5) is 11.4 Å². The molecule has 9 rings (SSSR count). The molecule has 2 atom stereocenters. The number of ether oxygens (including phenoxy) is 2. The summed E-state index contributed by atoms with van der Waals surface area (Å²) < 4.78 is 11.0. The zero-order valence-electron chi connectivity index (χ0n) is 35.6. The number of pyridine rings is 2. The second-order valence-electron chi connectivity index (χ2n) is 16.1. The van der Waals surface area contributed by atoms with Crippen molar-refractivity contribution in [3.63, 3.8) is 0 Å². The van der Waals surface area contributed by atoms with Gasteiger partial charge in [0.1, 0.15) is 33.2 Å². The fourth-order valence-electron chi connectivity index (χ4n) is 9.04. The first-order valence-electron chi connectivity index (χ1n) is 21.3. The summed E-state index contributed by atoms with van der Waals surface area (Å²) >= 11 is 12.7. The number of rotatable bonds is 12. The Morgan fingerprint density at radius 2 is 1.11 bits per heavy atom. The maximum atomic E-state index is 13.9. The van der Waals surface area contributed by atoms with Crippen molar-refractivity contribution in [2.75, 3.05) is 37.9 Å². The summed E-state index contributed by atoms with van der Waals surface area (Å²) in [5.74, 6) is 0.225. The molecule has 4 amide bonds. The summed E-state index contributed by atoms with van der Waals surface area (Å²) in [5, 5.41) is 9.02. The zero-order chi connectivity index (χ0) is 45.2. The normalized spacial score (nSPS) is 15.9. The largest absolute Gasteiger partial charge is 0.496 e. The molecule has 330 valence electrons. The smallest absolute Gasteiger partial charge is 0.273 e. The van der Waals surface area contributed by atoms with Crippen molar-refractivity contribution in [2.24, 2.45) is 0 Å². The third-order valence-electron chi connectivity index (χ3n) is 12.1. The average Bonchev–Trinajstić information content (AvgIpc) is 4.10. The van der Waals surface area contributed by atoms with Gasteiger partial charge in [-0.25, -0.2) is 15.0 Å². The van der Waals surface area contributed by atoms with Crippen molar-refractivity contribution < 1.29 is 28.7 Å². The molecule has 0 spiro atoms. The van der Waals surface area contributed by atoms with Crippen LogP contribution in [0.5, 0.6) is 11.5 Å². The summed E-state index contributed by atoms with van der Waals surface area (Å²) in [6.45, 7) is 1.02. The molecule has 0 saturated carbocycles. The molecule has 3 N–H and O–H groups in total. The number of anilines is 2. The van der Waals surface area contributed by atoms with Gasteiger partial charge in [-0.15, -0.1) is 0 Å². The number of hydrogen-bond donors (Lipinski definition) is 3. The molecule has 65 heavy (non-hydrogen) atoms. The van der Waals surface area contributed by atoms with Gasteiger partial charge in [0, 0.05) is 82.1 Å². The number of imidazole rings is 1. The van der Waals surface area contributed by atoms with E-state index in [9.17, 15) is 19.2 Å². The Morgan fingerprint density at radius 1 is 0.646 bits per heavy atom. The van der Waals surface area contributed by atoms with E-state index in [2.05, 4.69) is 30.6 Å². The van der Waals surface area contributed by atoms with Crippen molar-refractivity contribution in [1.29, 1.82) is 0 Å². The molecule has 7 aromatic rings. The number of H-pyrrole nitrogens is 1. The molecule has 2 aliphatic rings. The fraction of sp³-hybridized carbons (Fsp3) is 0.245. The lowest BCUT2D eigenvalue weighted by Gasteiger charge is -2.25. The number of carbonyl (C=O) groups is 4. The average molecular weight is 912 g/mol. The van der Waals surface area contributed by atoms with Gasteiger partial charge in [-0.2, -0.15) is 0 Å². The quantitative estimate of drug-likeness (QED) is 0.101. The van der Waals surface area contributed by atoms with Gasteiger partial charge in [-0.1, -0.05) is 71.7 Å². The number of aromatic nitrogens is 4. The highest BCUT2D eigenvalue weighted by atomic mass is 35.5. The first-order chi connectivity index (χ1) is 31.6. The minimum absolute atomic E-state index is 0.129. The van der Waals surface area contributed by atoms with Gasteiger partial charge < -0.3 is 34.9 Å². The van der Waals surface area contributed by atoms with Gasteiger partial charge in [-0.3, -0.25) is 19.2 Å². The topological polar surface area (TPSA) is 172 Å². The highest BCUT2D eigenvalue weighted by Gasteiger charge is 2.34. The summed E-state index contributed by atoms with van der Waals surface area (Å²) in [4.78, 5) is 74.5. The number of benzene rings is 4. The maximum absolute atomic E-state index is 13.9. The molecule has 0 unspecified atom stereocenters. The van der Waals surface area contributed by atoms with Gasteiger partial charge in [0.2, 0.25) is 11.8 Å². The molecular weight excluding hydrogens is 867 g/mol. The lowest BCUT2D eigenvalue weighted by Crippen LogP contribution is -2.38. The van der Waals surface area contributed by atoms with E-state index in [4.69, 9.17) is 32.7 Å². The van der Waals surface area contributed by atoms with Crippen LogP contribution in [0.15, 0.2) is 103 Å². The minimum atomic E-state index is -0.298. The second-order valence-corrected chi connectivity index (χ2v) is 16.8. The van der Waals surface area contributed by atoms with Crippen LogP contribution in [0.25, 0.3) is 44.1 Å². The summed E-state index contributed by atoms with van der Waals surface area (Å²) in [7, 11) is 3.13. The Balaban J connectivity index is 0.808. The number of carbonyl (C=O) groups excluding carboxylic acids is 4. The third-order valence-corrected chi connectivity index (χ3v) is 12.5. The van der Waals surface area contributed by atoms with Crippen LogP contribution in [0, 0.1) is 0 Å². The van der Waals surface area contributed by atoms with E-state index in [0.29, 0.717) is 76.0 Å². The van der Waals surface area contributed by atoms with Crippen LogP contribution in [0.1, 0.15) is 59.5 Å². The Morgan fingerprint density at radius 3 is 1.57 bits per heavy atom. The van der Waals surface area contributed by atoms with E-state index >= 15 is 0 Å². The van der Waals surface area contributed by atoms with Crippen molar-refractivity contribution >= 4 is 79.8 Å². The Bertz CT molecular complexity index is 2760. The molecule has 0 bridgehead atoms. The van der Waals surface area contributed by atoms with Crippen LogP contribution < -0.4 is 20.1 Å². The van der Waals surface area contributed by atoms with E-state index in [0.717, 1.165) is 29.7 Å². The molecule has 2 fully saturated rings. The minimum Gasteiger partial charge on any atom is -0.496 e. The number of hydrogen-bond acceptors (Lipinski definition) is 9. The standard InChI is InChI=1S/C49H44Cl2N8O6/c1-64-38-11-3-9-34-36(38)25-40(50)56-46(34)48(62)58-21-5-7-32(58)23-42(60)54-30-17-13-28(14-18-30)44-45(53-27-52-44)29-15-19-31(20-16-29)55-43(61)24-33-8-6-22-59(33)49(63)47-35-10-4-12-39(65-2)37(35)26-41(51)57-47/h3-4,9-20,25-27,32-33H,5-8,21-24H2,1-2H3,(H,52,53)(H,54,60)(H,55,61)/t32-,33-/m0/s1. The van der Waals surface area contributed by atoms with Crippen molar-refractivity contribution in [3.8, 4) is 34.0 Å². The van der Waals surface area contributed by atoms with Crippen LogP contribution in [-0.4, -0.2) is 92.8 Å². The van der Waals surface area contributed by atoms with E-state index in [-0.39, 0.29) is 70.2 Å². The molecule has 0 aliphatic carbocycles. The predicted molar refractivity (Wildman–Crippen MR) is 251 cm³/mol. The number of likely N-dealkylation sites (tertiary alicyclic amines) is 2. The lowest BCUT2D eigenvalue weighted by molar-refractivity contribution is -0.117. The maximum Gasteiger partial charge on any atom is 0.273 e. The number of amides is 4. The first-order valence-corrected chi connectivity index (χ1v) is 22.1. The molecule has 2 saturated heterocycles. The number of halogens is 2. The third kappa shape index (κ3) is 8.91. The fourth-order valence-corrected chi connectivity index (χ4v) is 9.42. The van der Waals surface area contributed by atoms with Crippen LogP contribution in [-0.2, 0) is 9.59 Å². The van der Waals surface area contributed by atoms with Gasteiger partial charge in [0.15, 0.2) is 0 Å².